The van der Waals surface area contributed by atoms with E-state index in [1.807, 2.05) is 36.4 Å². The van der Waals surface area contributed by atoms with E-state index in [0.29, 0.717) is 12.4 Å². The molecule has 1 aliphatic heterocycles. The zero-order valence-electron chi connectivity index (χ0n) is 16.0. The summed E-state index contributed by atoms with van der Waals surface area (Å²) in [6.45, 7) is 0.595. The first-order valence-corrected chi connectivity index (χ1v) is 9.66. The number of rotatable bonds is 6. The van der Waals surface area contributed by atoms with Crippen LogP contribution in [0.25, 0.3) is 11.1 Å². The Morgan fingerprint density at radius 1 is 1.17 bits per heavy atom. The fraction of sp³-hybridized carbons (Fsp3) is 0.273. The fourth-order valence-electron chi connectivity index (χ4n) is 3.51. The molecule has 1 saturated heterocycles. The summed E-state index contributed by atoms with van der Waals surface area (Å²) in [5.74, 6) is 0.357. The third-order valence-corrected chi connectivity index (χ3v) is 5.44. The highest BCUT2D eigenvalue weighted by Crippen LogP contribution is 2.46. The minimum absolute atomic E-state index is 0.203. The maximum absolute atomic E-state index is 12.2. The van der Waals surface area contributed by atoms with E-state index in [1.54, 1.807) is 17.2 Å². The van der Waals surface area contributed by atoms with Crippen molar-refractivity contribution in [3.8, 4) is 23.1 Å². The van der Waals surface area contributed by atoms with Gasteiger partial charge in [-0.05, 0) is 41.8 Å². The summed E-state index contributed by atoms with van der Waals surface area (Å²) in [4.78, 5) is 18.3. The third-order valence-electron chi connectivity index (χ3n) is 5.44. The summed E-state index contributed by atoms with van der Waals surface area (Å²) < 4.78 is 15.5. The first-order valence-electron chi connectivity index (χ1n) is 9.66. The Morgan fingerprint density at radius 3 is 2.60 bits per heavy atom. The summed E-state index contributed by atoms with van der Waals surface area (Å²) in [5.41, 5.74) is 3.15. The van der Waals surface area contributed by atoms with E-state index in [2.05, 4.69) is 16.2 Å². The van der Waals surface area contributed by atoms with Crippen LogP contribution in [0.3, 0.4) is 0 Å². The first-order chi connectivity index (χ1) is 14.7. The number of hydrogen-bond acceptors (Lipinski definition) is 7. The number of nitrogens with zero attached hydrogens (tertiary/aromatic N) is 4. The van der Waals surface area contributed by atoms with Crippen molar-refractivity contribution in [2.75, 3.05) is 18.1 Å². The van der Waals surface area contributed by atoms with Gasteiger partial charge in [0.1, 0.15) is 12.9 Å². The van der Waals surface area contributed by atoms with Crippen LogP contribution in [0.1, 0.15) is 18.5 Å². The Kier molecular flexibility index (Phi) is 4.36. The van der Waals surface area contributed by atoms with E-state index in [9.17, 15) is 10.1 Å². The van der Waals surface area contributed by atoms with Crippen molar-refractivity contribution in [1.29, 1.82) is 5.26 Å². The van der Waals surface area contributed by atoms with Gasteiger partial charge in [-0.2, -0.15) is 5.26 Å². The summed E-state index contributed by atoms with van der Waals surface area (Å²) >= 11 is 0. The molecule has 1 saturated carbocycles. The Hall–Kier alpha value is -3.86. The number of carbonyl (C=O) groups is 1. The van der Waals surface area contributed by atoms with E-state index in [0.717, 1.165) is 35.3 Å². The van der Waals surface area contributed by atoms with Crippen molar-refractivity contribution in [2.45, 2.75) is 24.4 Å². The van der Waals surface area contributed by atoms with Gasteiger partial charge in [0.25, 0.3) is 5.88 Å². The van der Waals surface area contributed by atoms with Crippen LogP contribution < -0.4 is 9.64 Å². The van der Waals surface area contributed by atoms with Crippen LogP contribution in [0.5, 0.6) is 5.88 Å². The number of ether oxygens (including phenoxy) is 2. The highest BCUT2D eigenvalue weighted by Gasteiger charge is 2.46. The van der Waals surface area contributed by atoms with E-state index in [1.165, 1.54) is 6.26 Å². The van der Waals surface area contributed by atoms with Crippen molar-refractivity contribution in [1.82, 2.24) is 10.1 Å². The van der Waals surface area contributed by atoms with Gasteiger partial charge < -0.3 is 14.0 Å². The largest absolute Gasteiger partial charge is 0.471 e. The summed E-state index contributed by atoms with van der Waals surface area (Å²) in [7, 11) is 0. The standard InChI is InChI=1S/C22H18N4O4/c23-14-22(8-9-22)19-6-3-16(11-24-19)15-1-4-17(5-2-15)26-12-18(30-21(26)27)13-28-20-7-10-29-25-20/h1-7,10-11,18H,8-9,12-13H2/t18-/m1/s1. The van der Waals surface area contributed by atoms with Gasteiger partial charge in [0.15, 0.2) is 6.10 Å². The quantitative estimate of drug-likeness (QED) is 0.619. The van der Waals surface area contributed by atoms with Gasteiger partial charge in [0.05, 0.1) is 23.7 Å². The molecule has 2 aliphatic rings. The molecule has 1 atom stereocenters. The van der Waals surface area contributed by atoms with Gasteiger partial charge in [-0.1, -0.05) is 18.2 Å². The number of nitriles is 1. The molecule has 150 valence electrons. The Balaban J connectivity index is 1.25. The number of amides is 1. The second kappa shape index (κ2) is 7.19. The molecule has 3 heterocycles. The normalized spacial score (nSPS) is 19.2. The number of carbonyl (C=O) groups excluding carboxylic acids is 1. The molecule has 0 N–H and O–H groups in total. The Labute approximate surface area is 172 Å². The molecule has 1 aliphatic carbocycles. The molecule has 30 heavy (non-hydrogen) atoms. The number of benzene rings is 1. The van der Waals surface area contributed by atoms with Gasteiger partial charge in [0, 0.05) is 23.5 Å². The SMILES string of the molecule is N#CC1(c2ccc(-c3ccc(N4C[C@H](COc5ccon5)OC4=O)cc3)cn2)CC1. The topological polar surface area (TPSA) is 101 Å². The lowest BCUT2D eigenvalue weighted by Gasteiger charge is -2.14. The van der Waals surface area contributed by atoms with Crippen molar-refractivity contribution >= 4 is 11.8 Å². The maximum Gasteiger partial charge on any atom is 0.414 e. The number of cyclic esters (lactones) is 1. The molecule has 0 radical (unpaired) electrons. The predicted octanol–water partition coefficient (Wildman–Crippen LogP) is 3.70. The van der Waals surface area contributed by atoms with Crippen molar-refractivity contribution < 1.29 is 18.8 Å². The Morgan fingerprint density at radius 2 is 1.97 bits per heavy atom. The number of hydrogen-bond donors (Lipinski definition) is 0. The lowest BCUT2D eigenvalue weighted by molar-refractivity contribution is 0.102. The van der Waals surface area contributed by atoms with E-state index in [4.69, 9.17) is 14.0 Å². The van der Waals surface area contributed by atoms with Gasteiger partial charge in [-0.25, -0.2) is 4.79 Å². The van der Waals surface area contributed by atoms with Gasteiger partial charge >= 0.3 is 6.09 Å². The lowest BCUT2D eigenvalue weighted by Crippen LogP contribution is -2.26. The molecule has 1 amide bonds. The second-order valence-corrected chi connectivity index (χ2v) is 7.44. The fourth-order valence-corrected chi connectivity index (χ4v) is 3.51. The van der Waals surface area contributed by atoms with E-state index >= 15 is 0 Å². The summed E-state index contributed by atoms with van der Waals surface area (Å²) in [6.07, 6.45) is 4.17. The maximum atomic E-state index is 12.2. The molecular weight excluding hydrogens is 384 g/mol. The summed E-state index contributed by atoms with van der Waals surface area (Å²) in [5, 5.41) is 13.0. The number of anilines is 1. The number of pyridine rings is 1. The minimum Gasteiger partial charge on any atom is -0.471 e. The molecule has 0 bridgehead atoms. The van der Waals surface area contributed by atoms with Crippen LogP contribution in [0.4, 0.5) is 10.5 Å². The zero-order chi connectivity index (χ0) is 20.6. The van der Waals surface area contributed by atoms with Gasteiger partial charge in [-0.15, -0.1) is 0 Å². The molecule has 8 nitrogen and oxygen atoms in total. The molecule has 2 fully saturated rings. The lowest BCUT2D eigenvalue weighted by atomic mass is 10.0. The van der Waals surface area contributed by atoms with Crippen LogP contribution in [0.15, 0.2) is 59.4 Å². The van der Waals surface area contributed by atoms with Gasteiger partial charge in [0.2, 0.25) is 0 Å². The highest BCUT2D eigenvalue weighted by atomic mass is 16.6. The monoisotopic (exact) mass is 402 g/mol. The highest BCUT2D eigenvalue weighted by molar-refractivity contribution is 5.90. The molecular formula is C22H18N4O4. The molecule has 0 spiro atoms. The molecule has 3 aromatic rings. The molecule has 8 heteroatoms. The smallest absolute Gasteiger partial charge is 0.414 e. The van der Waals surface area contributed by atoms with Crippen molar-refractivity contribution in [2.24, 2.45) is 0 Å². The molecule has 1 aromatic carbocycles. The van der Waals surface area contributed by atoms with Crippen LogP contribution in [-0.2, 0) is 10.2 Å². The molecule has 2 aromatic heterocycles. The molecule has 5 rings (SSSR count). The van der Waals surface area contributed by atoms with Crippen LogP contribution in [0.2, 0.25) is 0 Å². The van der Waals surface area contributed by atoms with Crippen LogP contribution in [-0.4, -0.2) is 35.5 Å². The average Bonchev–Trinajstić information content (AvgIpc) is 3.23. The average molecular weight is 402 g/mol. The number of aromatic nitrogens is 2. The Bertz CT molecular complexity index is 1080. The predicted molar refractivity (Wildman–Crippen MR) is 106 cm³/mol. The summed E-state index contributed by atoms with van der Waals surface area (Å²) in [6, 6.07) is 15.5. The van der Waals surface area contributed by atoms with E-state index < -0.39 is 6.09 Å². The third kappa shape index (κ3) is 3.35. The second-order valence-electron chi connectivity index (χ2n) is 7.44. The zero-order valence-corrected chi connectivity index (χ0v) is 16.0. The molecule has 0 unspecified atom stereocenters. The van der Waals surface area contributed by atoms with E-state index in [-0.39, 0.29) is 18.1 Å². The van der Waals surface area contributed by atoms with Crippen molar-refractivity contribution in [3.05, 3.63) is 60.6 Å². The van der Waals surface area contributed by atoms with Crippen molar-refractivity contribution in [3.63, 3.8) is 0 Å². The minimum atomic E-state index is -0.409. The van der Waals surface area contributed by atoms with Crippen LogP contribution in [0, 0.1) is 11.3 Å². The first kappa shape index (κ1) is 18.2. The van der Waals surface area contributed by atoms with Gasteiger partial charge in [-0.3, -0.25) is 9.88 Å². The van der Waals surface area contributed by atoms with Crippen LogP contribution >= 0.6 is 0 Å².